The lowest BCUT2D eigenvalue weighted by atomic mass is 9.73. The zero-order valence-corrected chi connectivity index (χ0v) is 17.5. The van der Waals surface area contributed by atoms with Crippen LogP contribution in [0.5, 0.6) is 0 Å². The minimum absolute atomic E-state index is 0.310. The molecule has 1 saturated heterocycles. The van der Waals surface area contributed by atoms with Gasteiger partial charge in [-0.15, -0.1) is 0 Å². The van der Waals surface area contributed by atoms with Crippen LogP contribution in [-0.4, -0.2) is 41.5 Å². The van der Waals surface area contributed by atoms with Crippen LogP contribution in [0.3, 0.4) is 0 Å². The summed E-state index contributed by atoms with van der Waals surface area (Å²) in [7, 11) is -0.483. The van der Waals surface area contributed by atoms with E-state index in [0.717, 1.165) is 22.3 Å². The summed E-state index contributed by atoms with van der Waals surface area (Å²) in [6.07, 6.45) is 0.378. The maximum Gasteiger partial charge on any atom is 0.495 e. The SMILES string of the molecule is CC(C)(C)OC(=O)N1CCc2c(N)ccc(B3OC(C)(C)C(C)(C)O3)c2C1. The summed E-state index contributed by atoms with van der Waals surface area (Å²) in [5.41, 5.74) is 8.60. The summed E-state index contributed by atoms with van der Waals surface area (Å²) in [5, 5.41) is 0. The number of nitrogens with zero attached hydrogens (tertiary/aromatic N) is 1. The van der Waals surface area contributed by atoms with Gasteiger partial charge in [-0.05, 0) is 77.5 Å². The fourth-order valence-corrected chi connectivity index (χ4v) is 3.40. The highest BCUT2D eigenvalue weighted by molar-refractivity contribution is 6.62. The van der Waals surface area contributed by atoms with Crippen LogP contribution in [0.4, 0.5) is 10.5 Å². The lowest BCUT2D eigenvalue weighted by Gasteiger charge is -2.33. The fraction of sp³-hybridized carbons (Fsp3) is 0.650. The largest absolute Gasteiger partial charge is 0.495 e. The molecule has 0 saturated carbocycles. The smallest absolute Gasteiger partial charge is 0.444 e. The highest BCUT2D eigenvalue weighted by atomic mass is 16.7. The second kappa shape index (κ2) is 6.42. The Hall–Kier alpha value is -1.73. The standard InChI is InChI=1S/C20H31BN2O4/c1-18(2,3)25-17(24)23-11-10-13-14(12-23)15(8-9-16(13)22)21-26-19(4,5)20(6,7)27-21/h8-9H,10-12,22H2,1-7H3. The summed E-state index contributed by atoms with van der Waals surface area (Å²) >= 11 is 0. The van der Waals surface area contributed by atoms with Gasteiger partial charge in [0.15, 0.2) is 0 Å². The van der Waals surface area contributed by atoms with Gasteiger partial charge in [0, 0.05) is 18.8 Å². The first-order chi connectivity index (χ1) is 12.3. The highest BCUT2D eigenvalue weighted by Gasteiger charge is 2.52. The first-order valence-electron chi connectivity index (χ1n) is 9.54. The Labute approximate surface area is 162 Å². The van der Waals surface area contributed by atoms with Crippen molar-refractivity contribution in [3.8, 4) is 0 Å². The molecule has 3 rings (SSSR count). The number of carbonyl (C=O) groups is 1. The summed E-state index contributed by atoms with van der Waals surface area (Å²) in [5.74, 6) is 0. The molecule has 148 valence electrons. The van der Waals surface area contributed by atoms with Crippen molar-refractivity contribution >= 4 is 24.4 Å². The summed E-state index contributed by atoms with van der Waals surface area (Å²) in [6, 6.07) is 3.86. The van der Waals surface area contributed by atoms with Crippen LogP contribution >= 0.6 is 0 Å². The quantitative estimate of drug-likeness (QED) is 0.605. The molecular formula is C20H31BN2O4. The topological polar surface area (TPSA) is 74.0 Å². The first kappa shape index (κ1) is 20.0. The van der Waals surface area contributed by atoms with E-state index in [1.54, 1.807) is 4.90 Å². The number of nitrogens with two attached hydrogens (primary N) is 1. The number of benzene rings is 1. The number of amides is 1. The minimum Gasteiger partial charge on any atom is -0.444 e. The average Bonchev–Trinajstić information content (AvgIpc) is 2.73. The highest BCUT2D eigenvalue weighted by Crippen LogP contribution is 2.37. The molecule has 0 bridgehead atoms. The van der Waals surface area contributed by atoms with Gasteiger partial charge in [0.2, 0.25) is 0 Å². The van der Waals surface area contributed by atoms with Crippen molar-refractivity contribution in [2.45, 2.75) is 78.2 Å². The number of hydrogen-bond acceptors (Lipinski definition) is 5. The van der Waals surface area contributed by atoms with Crippen molar-refractivity contribution in [2.24, 2.45) is 0 Å². The van der Waals surface area contributed by atoms with Gasteiger partial charge >= 0.3 is 13.2 Å². The second-order valence-electron chi connectivity index (χ2n) is 9.44. The predicted octanol–water partition coefficient (Wildman–Crippen LogP) is 2.86. The Bertz CT molecular complexity index is 739. The molecule has 0 radical (unpaired) electrons. The fourth-order valence-electron chi connectivity index (χ4n) is 3.40. The molecule has 7 heteroatoms. The van der Waals surface area contributed by atoms with E-state index in [1.165, 1.54) is 0 Å². The van der Waals surface area contributed by atoms with Gasteiger partial charge in [-0.1, -0.05) is 6.07 Å². The maximum absolute atomic E-state index is 12.6. The molecule has 2 aliphatic heterocycles. The third kappa shape index (κ3) is 3.80. The van der Waals surface area contributed by atoms with Crippen LogP contribution in [0.2, 0.25) is 0 Å². The van der Waals surface area contributed by atoms with Gasteiger partial charge in [0.25, 0.3) is 0 Å². The molecule has 27 heavy (non-hydrogen) atoms. The van der Waals surface area contributed by atoms with E-state index in [2.05, 4.69) is 0 Å². The van der Waals surface area contributed by atoms with E-state index in [4.69, 9.17) is 19.8 Å². The monoisotopic (exact) mass is 374 g/mol. The Morgan fingerprint density at radius 2 is 1.74 bits per heavy atom. The van der Waals surface area contributed by atoms with Crippen molar-refractivity contribution in [1.82, 2.24) is 4.90 Å². The number of nitrogen functional groups attached to an aromatic ring is 1. The van der Waals surface area contributed by atoms with Gasteiger partial charge in [0.1, 0.15) is 5.60 Å². The van der Waals surface area contributed by atoms with E-state index in [1.807, 2.05) is 60.6 Å². The summed E-state index contributed by atoms with van der Waals surface area (Å²) < 4.78 is 18.0. The van der Waals surface area contributed by atoms with Gasteiger partial charge in [-0.3, -0.25) is 0 Å². The van der Waals surface area contributed by atoms with Crippen molar-refractivity contribution in [2.75, 3.05) is 12.3 Å². The number of hydrogen-bond donors (Lipinski definition) is 1. The van der Waals surface area contributed by atoms with Gasteiger partial charge in [-0.25, -0.2) is 4.79 Å². The molecule has 1 amide bonds. The van der Waals surface area contributed by atoms with Crippen molar-refractivity contribution in [3.63, 3.8) is 0 Å². The zero-order chi connectivity index (χ0) is 20.2. The number of ether oxygens (including phenoxy) is 1. The van der Waals surface area contributed by atoms with E-state index in [0.29, 0.717) is 19.5 Å². The third-order valence-corrected chi connectivity index (χ3v) is 5.64. The van der Waals surface area contributed by atoms with E-state index in [-0.39, 0.29) is 6.09 Å². The molecule has 1 fully saturated rings. The number of carbonyl (C=O) groups excluding carboxylic acids is 1. The predicted molar refractivity (Wildman–Crippen MR) is 107 cm³/mol. The average molecular weight is 374 g/mol. The number of fused-ring (bicyclic) bond motifs is 1. The molecule has 1 aromatic rings. The van der Waals surface area contributed by atoms with Crippen molar-refractivity contribution in [3.05, 3.63) is 23.3 Å². The molecule has 0 atom stereocenters. The minimum atomic E-state index is -0.526. The van der Waals surface area contributed by atoms with Gasteiger partial charge in [0.05, 0.1) is 11.2 Å². The van der Waals surface area contributed by atoms with Gasteiger partial charge < -0.3 is 24.7 Å². The van der Waals surface area contributed by atoms with Crippen molar-refractivity contribution in [1.29, 1.82) is 0 Å². The van der Waals surface area contributed by atoms with E-state index in [9.17, 15) is 4.79 Å². The van der Waals surface area contributed by atoms with Crippen LogP contribution in [0.15, 0.2) is 12.1 Å². The van der Waals surface area contributed by atoms with Crippen LogP contribution in [0, 0.1) is 0 Å². The second-order valence-corrected chi connectivity index (χ2v) is 9.44. The number of anilines is 1. The Morgan fingerprint density at radius 1 is 1.15 bits per heavy atom. The maximum atomic E-state index is 12.6. The molecule has 0 unspecified atom stereocenters. The molecule has 0 aliphatic carbocycles. The summed E-state index contributed by atoms with van der Waals surface area (Å²) in [6.45, 7) is 14.8. The molecule has 2 N–H and O–H groups in total. The first-order valence-corrected chi connectivity index (χ1v) is 9.54. The molecule has 0 spiro atoms. The Morgan fingerprint density at radius 3 is 2.30 bits per heavy atom. The molecule has 6 nitrogen and oxygen atoms in total. The van der Waals surface area contributed by atoms with Crippen molar-refractivity contribution < 1.29 is 18.8 Å². The van der Waals surface area contributed by atoms with E-state index < -0.39 is 23.9 Å². The molecule has 0 aromatic heterocycles. The van der Waals surface area contributed by atoms with Crippen LogP contribution in [-0.2, 0) is 27.0 Å². The molecule has 2 aliphatic rings. The van der Waals surface area contributed by atoms with Crippen LogP contribution in [0.25, 0.3) is 0 Å². The lowest BCUT2D eigenvalue weighted by Crippen LogP contribution is -2.45. The van der Waals surface area contributed by atoms with Crippen LogP contribution < -0.4 is 11.2 Å². The Kier molecular flexibility index (Phi) is 4.76. The normalized spacial score (nSPS) is 21.1. The summed E-state index contributed by atoms with van der Waals surface area (Å²) in [4.78, 5) is 14.3. The molecular weight excluding hydrogens is 343 g/mol. The Balaban J connectivity index is 1.91. The zero-order valence-electron chi connectivity index (χ0n) is 17.5. The molecule has 2 heterocycles. The lowest BCUT2D eigenvalue weighted by molar-refractivity contribution is 0.00578. The van der Waals surface area contributed by atoms with E-state index >= 15 is 0 Å². The molecule has 1 aromatic carbocycles. The number of rotatable bonds is 1. The third-order valence-electron chi connectivity index (χ3n) is 5.64. The van der Waals surface area contributed by atoms with Gasteiger partial charge in [-0.2, -0.15) is 0 Å². The van der Waals surface area contributed by atoms with Crippen LogP contribution in [0.1, 0.15) is 59.6 Å².